The van der Waals surface area contributed by atoms with Crippen molar-refractivity contribution in [1.29, 1.82) is 0 Å². The molecule has 26 heavy (non-hydrogen) atoms. The average Bonchev–Trinajstić information content (AvgIpc) is 2.58. The van der Waals surface area contributed by atoms with E-state index in [1.807, 2.05) is 0 Å². The van der Waals surface area contributed by atoms with Crippen LogP contribution >= 0.6 is 0 Å². The summed E-state index contributed by atoms with van der Waals surface area (Å²) in [5.74, 6) is -2.22. The summed E-state index contributed by atoms with van der Waals surface area (Å²) in [7, 11) is -2.63. The van der Waals surface area contributed by atoms with Crippen molar-refractivity contribution in [2.24, 2.45) is 0 Å². The van der Waals surface area contributed by atoms with Gasteiger partial charge in [0.2, 0.25) is 21.8 Å². The van der Waals surface area contributed by atoms with Gasteiger partial charge in [-0.15, -0.1) is 0 Å². The molecule has 10 heteroatoms. The first-order valence-corrected chi connectivity index (χ1v) is 9.29. The van der Waals surface area contributed by atoms with Gasteiger partial charge in [0.25, 0.3) is 0 Å². The molecular weight excluding hydrogens is 362 g/mol. The number of carbonyl (C=O) groups is 3. The van der Waals surface area contributed by atoms with Crippen LogP contribution in [0.3, 0.4) is 0 Å². The van der Waals surface area contributed by atoms with E-state index in [1.54, 1.807) is 18.2 Å². The summed E-state index contributed by atoms with van der Waals surface area (Å²) in [6.07, 6.45) is 0. The molecule has 9 nitrogen and oxygen atoms in total. The third kappa shape index (κ3) is 5.81. The normalized spacial score (nSPS) is 12.5. The van der Waals surface area contributed by atoms with Gasteiger partial charge in [-0.25, -0.2) is 13.2 Å². The molecule has 0 aliphatic heterocycles. The van der Waals surface area contributed by atoms with Crippen LogP contribution < -0.4 is 5.32 Å². The van der Waals surface area contributed by atoms with Gasteiger partial charge < -0.3 is 15.3 Å². The van der Waals surface area contributed by atoms with Crippen LogP contribution in [0, 0.1) is 0 Å². The molecule has 1 aromatic carbocycles. The van der Waals surface area contributed by atoms with Crippen LogP contribution in [0.2, 0.25) is 0 Å². The number of likely N-dealkylation sites (N-methyl/N-ethyl adjacent to an activating group) is 1. The lowest BCUT2D eigenvalue weighted by Crippen LogP contribution is -2.50. The third-order valence-corrected chi connectivity index (χ3v) is 5.50. The number of carboxylic acids is 1. The maximum Gasteiger partial charge on any atom is 0.326 e. The zero-order valence-electron chi connectivity index (χ0n) is 14.9. The number of carboxylic acid groups (broad SMARTS) is 1. The maximum absolute atomic E-state index is 12.5. The molecule has 144 valence electrons. The zero-order valence-corrected chi connectivity index (χ0v) is 15.7. The lowest BCUT2D eigenvalue weighted by Gasteiger charge is -2.28. The smallest absolute Gasteiger partial charge is 0.326 e. The fourth-order valence-corrected chi connectivity index (χ4v) is 3.30. The SMILES string of the molecule is CC(=O)NCCN(C(=O)CN(C)S(=O)(=O)c1ccccc1)C(C)C(=O)O. The van der Waals surface area contributed by atoms with Crippen molar-refractivity contribution in [3.8, 4) is 0 Å². The Hall–Kier alpha value is -2.46. The number of amides is 2. The lowest BCUT2D eigenvalue weighted by atomic mass is 10.2. The minimum Gasteiger partial charge on any atom is -0.480 e. The van der Waals surface area contributed by atoms with Gasteiger partial charge in [0.15, 0.2) is 0 Å². The number of nitrogens with one attached hydrogen (secondary N) is 1. The molecule has 0 spiro atoms. The van der Waals surface area contributed by atoms with E-state index in [0.29, 0.717) is 0 Å². The molecule has 1 unspecified atom stereocenters. The number of rotatable bonds is 9. The topological polar surface area (TPSA) is 124 Å². The summed E-state index contributed by atoms with van der Waals surface area (Å²) in [4.78, 5) is 35.7. The van der Waals surface area contributed by atoms with Crippen LogP contribution in [0.4, 0.5) is 0 Å². The van der Waals surface area contributed by atoms with Gasteiger partial charge in [-0.3, -0.25) is 9.59 Å². The molecule has 0 radical (unpaired) electrons. The van der Waals surface area contributed by atoms with E-state index in [2.05, 4.69) is 5.32 Å². The van der Waals surface area contributed by atoms with E-state index in [-0.39, 0.29) is 23.9 Å². The van der Waals surface area contributed by atoms with Crippen molar-refractivity contribution < 1.29 is 27.9 Å². The first-order chi connectivity index (χ1) is 12.1. The summed E-state index contributed by atoms with van der Waals surface area (Å²) in [5.41, 5.74) is 0. The Morgan fingerprint density at radius 2 is 1.77 bits per heavy atom. The Morgan fingerprint density at radius 1 is 1.19 bits per heavy atom. The second kappa shape index (κ2) is 9.30. The van der Waals surface area contributed by atoms with Crippen LogP contribution in [0.5, 0.6) is 0 Å². The van der Waals surface area contributed by atoms with Gasteiger partial charge in [0, 0.05) is 27.1 Å². The fourth-order valence-electron chi connectivity index (χ4n) is 2.16. The molecule has 0 fully saturated rings. The Labute approximate surface area is 152 Å². The van der Waals surface area contributed by atoms with Crippen molar-refractivity contribution >= 4 is 27.8 Å². The van der Waals surface area contributed by atoms with E-state index in [0.717, 1.165) is 9.21 Å². The number of benzene rings is 1. The molecule has 0 saturated heterocycles. The molecule has 0 saturated carbocycles. The summed E-state index contributed by atoms with van der Waals surface area (Å²) in [6, 6.07) is 6.45. The van der Waals surface area contributed by atoms with Crippen molar-refractivity contribution in [2.45, 2.75) is 24.8 Å². The van der Waals surface area contributed by atoms with E-state index in [4.69, 9.17) is 5.11 Å². The Bertz CT molecular complexity index is 751. The predicted octanol–water partition coefficient (Wildman–Crippen LogP) is -0.255. The highest BCUT2D eigenvalue weighted by atomic mass is 32.2. The molecule has 1 rings (SSSR count). The first-order valence-electron chi connectivity index (χ1n) is 7.85. The highest BCUT2D eigenvalue weighted by Gasteiger charge is 2.29. The second-order valence-corrected chi connectivity index (χ2v) is 7.70. The quantitative estimate of drug-likeness (QED) is 0.604. The van der Waals surface area contributed by atoms with Gasteiger partial charge in [-0.2, -0.15) is 4.31 Å². The van der Waals surface area contributed by atoms with Crippen molar-refractivity contribution in [1.82, 2.24) is 14.5 Å². The minimum absolute atomic E-state index is 0.0337. The van der Waals surface area contributed by atoms with Crippen LogP contribution in [-0.2, 0) is 24.4 Å². The molecule has 0 heterocycles. The fraction of sp³-hybridized carbons (Fsp3) is 0.438. The zero-order chi connectivity index (χ0) is 19.9. The van der Waals surface area contributed by atoms with Gasteiger partial charge in [-0.1, -0.05) is 18.2 Å². The summed E-state index contributed by atoms with van der Waals surface area (Å²) in [6.45, 7) is 2.11. The Balaban J connectivity index is 2.90. The summed E-state index contributed by atoms with van der Waals surface area (Å²) < 4.78 is 25.8. The molecule has 0 aliphatic carbocycles. The summed E-state index contributed by atoms with van der Waals surface area (Å²) >= 11 is 0. The summed E-state index contributed by atoms with van der Waals surface area (Å²) in [5, 5.41) is 11.6. The van der Waals surface area contributed by atoms with Crippen molar-refractivity contribution in [3.05, 3.63) is 30.3 Å². The third-order valence-electron chi connectivity index (χ3n) is 3.68. The largest absolute Gasteiger partial charge is 0.480 e. The second-order valence-electron chi connectivity index (χ2n) is 5.66. The van der Waals surface area contributed by atoms with Crippen LogP contribution in [0.1, 0.15) is 13.8 Å². The van der Waals surface area contributed by atoms with Crippen LogP contribution in [-0.4, -0.2) is 73.2 Å². The molecule has 1 atom stereocenters. The molecule has 1 aromatic rings. The number of aliphatic carboxylic acids is 1. The standard InChI is InChI=1S/C16H23N3O6S/c1-12(16(22)23)19(10-9-17-13(2)20)15(21)11-18(3)26(24,25)14-7-5-4-6-8-14/h4-8,12H,9-11H2,1-3H3,(H,17,20)(H,22,23). The van der Waals surface area contributed by atoms with E-state index in [1.165, 1.54) is 33.0 Å². The van der Waals surface area contributed by atoms with Gasteiger partial charge in [0.1, 0.15) is 6.04 Å². The van der Waals surface area contributed by atoms with Crippen molar-refractivity contribution in [3.63, 3.8) is 0 Å². The van der Waals surface area contributed by atoms with Gasteiger partial charge >= 0.3 is 5.97 Å². The molecular formula is C16H23N3O6S. The maximum atomic E-state index is 12.5. The van der Waals surface area contributed by atoms with Crippen LogP contribution in [0.25, 0.3) is 0 Å². The van der Waals surface area contributed by atoms with Gasteiger partial charge in [0.05, 0.1) is 11.4 Å². The number of hydrogen-bond acceptors (Lipinski definition) is 5. The van der Waals surface area contributed by atoms with Gasteiger partial charge in [-0.05, 0) is 19.1 Å². The predicted molar refractivity (Wildman–Crippen MR) is 93.8 cm³/mol. The molecule has 0 aliphatic rings. The monoisotopic (exact) mass is 385 g/mol. The van der Waals surface area contributed by atoms with Crippen LogP contribution in [0.15, 0.2) is 35.2 Å². The lowest BCUT2D eigenvalue weighted by molar-refractivity contribution is -0.149. The minimum atomic E-state index is -3.88. The molecule has 0 bridgehead atoms. The molecule has 2 amide bonds. The highest BCUT2D eigenvalue weighted by Crippen LogP contribution is 2.14. The molecule has 2 N–H and O–H groups in total. The first kappa shape index (κ1) is 21.6. The molecule has 0 aromatic heterocycles. The van der Waals surface area contributed by atoms with Crippen molar-refractivity contribution in [2.75, 3.05) is 26.7 Å². The Morgan fingerprint density at radius 3 is 2.27 bits per heavy atom. The number of sulfonamides is 1. The number of nitrogens with zero attached hydrogens (tertiary/aromatic N) is 2. The van der Waals surface area contributed by atoms with E-state index < -0.39 is 34.5 Å². The van der Waals surface area contributed by atoms with E-state index in [9.17, 15) is 22.8 Å². The van der Waals surface area contributed by atoms with E-state index >= 15 is 0 Å². The average molecular weight is 385 g/mol. The number of carbonyl (C=O) groups excluding carboxylic acids is 2. The number of hydrogen-bond donors (Lipinski definition) is 2. The highest BCUT2D eigenvalue weighted by molar-refractivity contribution is 7.89. The Kier molecular flexibility index (Phi) is 7.72.